The molecule has 0 aliphatic carbocycles. The van der Waals surface area contributed by atoms with E-state index < -0.39 is 10.0 Å². The van der Waals surface area contributed by atoms with Crippen LogP contribution in [0.1, 0.15) is 18.7 Å². The zero-order valence-electron chi connectivity index (χ0n) is 14.3. The van der Waals surface area contributed by atoms with Crippen LogP contribution in [0.25, 0.3) is 11.0 Å². The first-order valence-electron chi connectivity index (χ1n) is 7.91. The van der Waals surface area contributed by atoms with Gasteiger partial charge < -0.3 is 14.6 Å². The Hall–Kier alpha value is -2.84. The van der Waals surface area contributed by atoms with E-state index in [1.807, 2.05) is 37.3 Å². The van der Waals surface area contributed by atoms with Gasteiger partial charge in [-0.25, -0.2) is 18.4 Å². The van der Waals surface area contributed by atoms with Crippen LogP contribution in [0.3, 0.4) is 0 Å². The van der Waals surface area contributed by atoms with E-state index in [0.29, 0.717) is 11.4 Å². The summed E-state index contributed by atoms with van der Waals surface area (Å²) < 4.78 is 28.3. The Bertz CT molecular complexity index is 1010. The number of carbonyl (C=O) groups excluding carboxylic acids is 1. The van der Waals surface area contributed by atoms with Crippen LogP contribution in [0.15, 0.2) is 63.9 Å². The highest BCUT2D eigenvalue weighted by atomic mass is 32.2. The summed E-state index contributed by atoms with van der Waals surface area (Å²) in [5, 5.41) is 8.75. The van der Waals surface area contributed by atoms with Crippen LogP contribution in [0.5, 0.6) is 0 Å². The smallest absolute Gasteiger partial charge is 0.322 e. The number of hydrogen-bond donors (Lipinski definition) is 2. The fraction of sp³-hybridized carbons (Fsp3) is 0.167. The summed E-state index contributed by atoms with van der Waals surface area (Å²) in [6.45, 7) is 1.86. The quantitative estimate of drug-likeness (QED) is 0.732. The molecule has 2 aromatic carbocycles. The molecule has 3 rings (SSSR count). The minimum atomic E-state index is -3.76. The Labute approximate surface area is 151 Å². The van der Waals surface area contributed by atoms with Gasteiger partial charge in [0.2, 0.25) is 10.0 Å². The van der Waals surface area contributed by atoms with Crippen molar-refractivity contribution in [3.63, 3.8) is 0 Å². The largest absolute Gasteiger partial charge is 0.459 e. The molecule has 26 heavy (non-hydrogen) atoms. The molecule has 0 spiro atoms. The van der Waals surface area contributed by atoms with Crippen LogP contribution >= 0.6 is 0 Å². The highest BCUT2D eigenvalue weighted by molar-refractivity contribution is 7.89. The Morgan fingerprint density at radius 2 is 1.81 bits per heavy atom. The van der Waals surface area contributed by atoms with E-state index in [0.717, 1.165) is 11.0 Å². The molecule has 0 saturated carbocycles. The van der Waals surface area contributed by atoms with Crippen molar-refractivity contribution in [3.05, 3.63) is 60.4 Å². The molecular weight excluding hydrogens is 354 g/mol. The van der Waals surface area contributed by atoms with Crippen molar-refractivity contribution < 1.29 is 17.6 Å². The fourth-order valence-corrected chi connectivity index (χ4v) is 3.03. The standard InChI is InChI=1S/C18H19N3O4S/c1-12(17-11-13-5-3-4-6-16(13)25-17)21(2)18(22)20-14-7-9-15(10-8-14)26(19,23)24/h3-12H,1-2H3,(H,20,22)(H2,19,23,24). The second kappa shape index (κ2) is 6.81. The van der Waals surface area contributed by atoms with Crippen LogP contribution in [-0.4, -0.2) is 26.4 Å². The molecule has 2 amide bonds. The van der Waals surface area contributed by atoms with E-state index >= 15 is 0 Å². The van der Waals surface area contributed by atoms with Gasteiger partial charge in [-0.2, -0.15) is 0 Å². The molecule has 8 heteroatoms. The van der Waals surface area contributed by atoms with Crippen molar-refractivity contribution in [1.82, 2.24) is 4.90 Å². The van der Waals surface area contributed by atoms with Crippen molar-refractivity contribution in [1.29, 1.82) is 0 Å². The third-order valence-electron chi connectivity index (χ3n) is 4.19. The molecule has 1 heterocycles. The normalized spacial score (nSPS) is 12.7. The summed E-state index contributed by atoms with van der Waals surface area (Å²) >= 11 is 0. The molecule has 3 N–H and O–H groups in total. The first kappa shape index (κ1) is 18.0. The van der Waals surface area contributed by atoms with Crippen molar-refractivity contribution >= 4 is 32.7 Å². The van der Waals surface area contributed by atoms with Crippen LogP contribution in [0.2, 0.25) is 0 Å². The molecule has 0 aliphatic heterocycles. The second-order valence-corrected chi connectivity index (χ2v) is 7.53. The van der Waals surface area contributed by atoms with Gasteiger partial charge in [0, 0.05) is 18.1 Å². The summed E-state index contributed by atoms with van der Waals surface area (Å²) in [7, 11) is -2.10. The maximum atomic E-state index is 12.5. The maximum absolute atomic E-state index is 12.5. The minimum absolute atomic E-state index is 0.0144. The minimum Gasteiger partial charge on any atom is -0.459 e. The summed E-state index contributed by atoms with van der Waals surface area (Å²) in [4.78, 5) is 13.9. The van der Waals surface area contributed by atoms with Gasteiger partial charge in [-0.3, -0.25) is 0 Å². The van der Waals surface area contributed by atoms with Crippen molar-refractivity contribution in [2.75, 3.05) is 12.4 Å². The number of urea groups is 1. The van der Waals surface area contributed by atoms with Crippen LogP contribution < -0.4 is 10.5 Å². The van der Waals surface area contributed by atoms with Gasteiger partial charge in [0.15, 0.2) is 0 Å². The predicted molar refractivity (Wildman–Crippen MR) is 99.2 cm³/mol. The van der Waals surface area contributed by atoms with Gasteiger partial charge in [-0.05, 0) is 43.3 Å². The second-order valence-electron chi connectivity index (χ2n) is 5.97. The van der Waals surface area contributed by atoms with Gasteiger partial charge >= 0.3 is 6.03 Å². The van der Waals surface area contributed by atoms with E-state index in [2.05, 4.69) is 5.32 Å². The number of benzene rings is 2. The van der Waals surface area contributed by atoms with E-state index in [4.69, 9.17) is 9.56 Å². The lowest BCUT2D eigenvalue weighted by Crippen LogP contribution is -2.33. The summed E-state index contributed by atoms with van der Waals surface area (Å²) in [5.74, 6) is 0.674. The lowest BCUT2D eigenvalue weighted by Gasteiger charge is -2.23. The lowest BCUT2D eigenvalue weighted by atomic mass is 10.2. The third kappa shape index (κ3) is 3.71. The number of nitrogens with two attached hydrogens (primary N) is 1. The van der Waals surface area contributed by atoms with Crippen LogP contribution in [0, 0.1) is 0 Å². The van der Waals surface area contributed by atoms with E-state index in [1.165, 1.54) is 29.2 Å². The SMILES string of the molecule is CC(c1cc2ccccc2o1)N(C)C(=O)Nc1ccc(S(N)(=O)=O)cc1. The Balaban J connectivity index is 1.72. The van der Waals surface area contributed by atoms with Crippen LogP contribution in [0.4, 0.5) is 10.5 Å². The number of para-hydroxylation sites is 1. The average Bonchev–Trinajstić information content (AvgIpc) is 3.04. The summed E-state index contributed by atoms with van der Waals surface area (Å²) in [5.41, 5.74) is 1.23. The van der Waals surface area contributed by atoms with Gasteiger partial charge in [-0.15, -0.1) is 0 Å². The lowest BCUT2D eigenvalue weighted by molar-refractivity contribution is 0.201. The molecule has 7 nitrogen and oxygen atoms in total. The molecule has 1 aromatic heterocycles. The highest BCUT2D eigenvalue weighted by Gasteiger charge is 2.21. The molecule has 3 aromatic rings. The number of nitrogens with zero attached hydrogens (tertiary/aromatic N) is 1. The van der Waals surface area contributed by atoms with Gasteiger partial charge in [0.1, 0.15) is 11.3 Å². The Kier molecular flexibility index (Phi) is 4.71. The zero-order chi connectivity index (χ0) is 18.9. The number of amides is 2. The van der Waals surface area contributed by atoms with E-state index in [-0.39, 0.29) is 17.0 Å². The molecule has 1 unspecified atom stereocenters. The third-order valence-corrected chi connectivity index (χ3v) is 5.12. The first-order valence-corrected chi connectivity index (χ1v) is 9.45. The molecule has 0 radical (unpaired) electrons. The van der Waals surface area contributed by atoms with E-state index in [9.17, 15) is 13.2 Å². The predicted octanol–water partition coefficient (Wildman–Crippen LogP) is 3.31. The van der Waals surface area contributed by atoms with Crippen LogP contribution in [-0.2, 0) is 10.0 Å². The van der Waals surface area contributed by atoms with Crippen molar-refractivity contribution in [3.8, 4) is 0 Å². The number of sulfonamides is 1. The van der Waals surface area contributed by atoms with Crippen molar-refractivity contribution in [2.24, 2.45) is 5.14 Å². The highest BCUT2D eigenvalue weighted by Crippen LogP contribution is 2.27. The Morgan fingerprint density at radius 1 is 1.15 bits per heavy atom. The maximum Gasteiger partial charge on any atom is 0.322 e. The van der Waals surface area contributed by atoms with Crippen molar-refractivity contribution in [2.45, 2.75) is 17.9 Å². The number of primary sulfonamides is 1. The first-order chi connectivity index (χ1) is 12.3. The van der Waals surface area contributed by atoms with E-state index in [1.54, 1.807) is 7.05 Å². The number of furan rings is 1. The number of nitrogens with one attached hydrogen (secondary N) is 1. The summed E-state index contributed by atoms with van der Waals surface area (Å²) in [6, 6.07) is 14.6. The van der Waals surface area contributed by atoms with Gasteiger partial charge in [-0.1, -0.05) is 18.2 Å². The number of anilines is 1. The zero-order valence-corrected chi connectivity index (χ0v) is 15.2. The monoisotopic (exact) mass is 373 g/mol. The number of carbonyl (C=O) groups is 1. The summed E-state index contributed by atoms with van der Waals surface area (Å²) in [6.07, 6.45) is 0. The molecule has 0 aliphatic rings. The molecule has 0 bridgehead atoms. The van der Waals surface area contributed by atoms with Gasteiger partial charge in [0.25, 0.3) is 0 Å². The number of hydrogen-bond acceptors (Lipinski definition) is 4. The molecular formula is C18H19N3O4S. The molecule has 1 atom stereocenters. The average molecular weight is 373 g/mol. The fourth-order valence-electron chi connectivity index (χ4n) is 2.51. The molecule has 0 fully saturated rings. The number of rotatable bonds is 4. The molecule has 0 saturated heterocycles. The topological polar surface area (TPSA) is 106 Å². The van der Waals surface area contributed by atoms with Gasteiger partial charge in [0.05, 0.1) is 10.9 Å². The number of fused-ring (bicyclic) bond motifs is 1. The molecule has 136 valence electrons. The Morgan fingerprint density at radius 3 is 2.42 bits per heavy atom.